The number of hydrogen-bond acceptors (Lipinski definition) is 6. The number of furan rings is 1. The molecule has 0 aromatic carbocycles. The van der Waals surface area contributed by atoms with Crippen molar-refractivity contribution in [3.8, 4) is 11.5 Å². The predicted molar refractivity (Wildman–Crippen MR) is 87.1 cm³/mol. The van der Waals surface area contributed by atoms with E-state index < -0.39 is 0 Å². The van der Waals surface area contributed by atoms with Crippen molar-refractivity contribution in [3.63, 3.8) is 0 Å². The molecule has 1 aliphatic rings. The molecular weight excluding hydrogens is 324 g/mol. The fourth-order valence-corrected chi connectivity index (χ4v) is 2.88. The molecule has 0 saturated heterocycles. The summed E-state index contributed by atoms with van der Waals surface area (Å²) >= 11 is 0. The van der Waals surface area contributed by atoms with Crippen molar-refractivity contribution in [1.29, 1.82) is 0 Å². The number of hydrogen-bond donors (Lipinski definition) is 1. The zero-order valence-corrected chi connectivity index (χ0v) is 13.4. The summed E-state index contributed by atoms with van der Waals surface area (Å²) in [6.45, 7) is 0.578. The number of aryl methyl sites for hydroxylation is 2. The van der Waals surface area contributed by atoms with Crippen LogP contribution in [0.1, 0.15) is 28.2 Å². The fraction of sp³-hybridized carbons (Fsp3) is 0.294. The molecule has 0 saturated carbocycles. The second-order valence-corrected chi connectivity index (χ2v) is 5.84. The maximum atomic E-state index is 12.1. The predicted octanol–water partition coefficient (Wildman–Crippen LogP) is 1.41. The van der Waals surface area contributed by atoms with Crippen LogP contribution in [-0.2, 0) is 19.4 Å². The first-order valence-electron chi connectivity index (χ1n) is 8.09. The van der Waals surface area contributed by atoms with Gasteiger partial charge in [-0.25, -0.2) is 4.68 Å². The summed E-state index contributed by atoms with van der Waals surface area (Å²) in [7, 11) is 0. The van der Waals surface area contributed by atoms with Gasteiger partial charge in [0.1, 0.15) is 0 Å². The Morgan fingerprint density at radius 2 is 2.20 bits per heavy atom. The third-order valence-electron chi connectivity index (χ3n) is 4.14. The molecule has 0 bridgehead atoms. The van der Waals surface area contributed by atoms with Crippen LogP contribution < -0.4 is 10.9 Å². The molecule has 0 aliphatic heterocycles. The molecule has 3 heterocycles. The Kier molecular flexibility index (Phi) is 3.93. The Bertz CT molecular complexity index is 955. The van der Waals surface area contributed by atoms with Crippen LogP contribution in [-0.4, -0.2) is 27.4 Å². The molecule has 0 radical (unpaired) electrons. The lowest BCUT2D eigenvalue weighted by Crippen LogP contribution is -2.32. The highest BCUT2D eigenvalue weighted by molar-refractivity contribution is 5.92. The summed E-state index contributed by atoms with van der Waals surface area (Å²) in [6, 6.07) is 6.59. The normalized spacial score (nSPS) is 13.0. The second kappa shape index (κ2) is 6.39. The van der Waals surface area contributed by atoms with Gasteiger partial charge in [0, 0.05) is 18.7 Å². The molecule has 0 atom stereocenters. The van der Waals surface area contributed by atoms with Gasteiger partial charge in [0.25, 0.3) is 11.5 Å². The van der Waals surface area contributed by atoms with Crippen molar-refractivity contribution in [2.24, 2.45) is 0 Å². The van der Waals surface area contributed by atoms with Crippen molar-refractivity contribution in [3.05, 3.63) is 57.8 Å². The van der Waals surface area contributed by atoms with Crippen LogP contribution in [0.5, 0.6) is 0 Å². The van der Waals surface area contributed by atoms with Gasteiger partial charge in [0.2, 0.25) is 5.76 Å². The van der Waals surface area contributed by atoms with Gasteiger partial charge in [0.05, 0.1) is 18.5 Å². The lowest BCUT2D eigenvalue weighted by molar-refractivity contribution is 0.0942. The van der Waals surface area contributed by atoms with E-state index in [0.717, 1.165) is 30.5 Å². The number of amides is 1. The summed E-state index contributed by atoms with van der Waals surface area (Å²) in [5, 5.41) is 10.8. The van der Waals surface area contributed by atoms with Crippen LogP contribution in [0, 0.1) is 0 Å². The lowest BCUT2D eigenvalue weighted by Gasteiger charge is -2.07. The topological polar surface area (TPSA) is 103 Å². The summed E-state index contributed by atoms with van der Waals surface area (Å²) in [4.78, 5) is 24.1. The Morgan fingerprint density at radius 3 is 3.04 bits per heavy atom. The van der Waals surface area contributed by atoms with Crippen molar-refractivity contribution in [2.75, 3.05) is 6.54 Å². The Hall–Kier alpha value is -3.16. The minimum atomic E-state index is -0.379. The summed E-state index contributed by atoms with van der Waals surface area (Å²) < 4.78 is 11.7. The number of carbonyl (C=O) groups excluding carboxylic acids is 1. The van der Waals surface area contributed by atoms with E-state index in [-0.39, 0.29) is 23.7 Å². The molecule has 1 N–H and O–H groups in total. The van der Waals surface area contributed by atoms with Gasteiger partial charge >= 0.3 is 0 Å². The van der Waals surface area contributed by atoms with Gasteiger partial charge in [-0.3, -0.25) is 9.59 Å². The molecule has 0 fully saturated rings. The van der Waals surface area contributed by atoms with Gasteiger partial charge in [0.15, 0.2) is 11.5 Å². The Morgan fingerprint density at radius 1 is 1.28 bits per heavy atom. The first kappa shape index (κ1) is 15.4. The number of fused-ring (bicyclic) bond motifs is 1. The van der Waals surface area contributed by atoms with Crippen LogP contribution in [0.15, 0.2) is 44.3 Å². The molecular formula is C17H16N4O4. The van der Waals surface area contributed by atoms with Crippen LogP contribution >= 0.6 is 0 Å². The van der Waals surface area contributed by atoms with E-state index in [9.17, 15) is 9.59 Å². The van der Waals surface area contributed by atoms with Crippen LogP contribution in [0.25, 0.3) is 11.5 Å². The quantitative estimate of drug-likeness (QED) is 0.753. The molecule has 0 spiro atoms. The standard InChI is InChI=1S/C17H16N4O4/c22-16-9-11-3-1-4-12(11)19-21(16)7-6-18-17(23)13-10-15(25-20-13)14-5-2-8-24-14/h2,5,8-10H,1,3-4,6-7H2,(H,18,23). The minimum absolute atomic E-state index is 0.142. The first-order valence-corrected chi connectivity index (χ1v) is 8.09. The number of nitrogens with zero attached hydrogens (tertiary/aromatic N) is 3. The zero-order valence-electron chi connectivity index (χ0n) is 13.4. The average molecular weight is 340 g/mol. The van der Waals surface area contributed by atoms with Crippen LogP contribution in [0.4, 0.5) is 0 Å². The van der Waals surface area contributed by atoms with E-state index in [2.05, 4.69) is 15.6 Å². The number of nitrogens with one attached hydrogen (secondary N) is 1. The van der Waals surface area contributed by atoms with Crippen molar-refractivity contribution in [2.45, 2.75) is 25.8 Å². The third kappa shape index (κ3) is 3.10. The van der Waals surface area contributed by atoms with Crippen LogP contribution in [0.2, 0.25) is 0 Å². The molecule has 128 valence electrons. The van der Waals surface area contributed by atoms with Gasteiger partial charge in [-0.2, -0.15) is 5.10 Å². The highest BCUT2D eigenvalue weighted by Gasteiger charge is 2.16. The van der Waals surface area contributed by atoms with E-state index in [4.69, 9.17) is 8.94 Å². The van der Waals surface area contributed by atoms with Crippen molar-refractivity contribution >= 4 is 5.91 Å². The third-order valence-corrected chi connectivity index (χ3v) is 4.14. The number of rotatable bonds is 5. The Balaban J connectivity index is 1.37. The van der Waals surface area contributed by atoms with E-state index in [0.29, 0.717) is 18.1 Å². The maximum Gasteiger partial charge on any atom is 0.273 e. The molecule has 25 heavy (non-hydrogen) atoms. The van der Waals surface area contributed by atoms with Gasteiger partial charge in [-0.15, -0.1) is 0 Å². The number of aromatic nitrogens is 3. The molecule has 4 rings (SSSR count). The van der Waals surface area contributed by atoms with Gasteiger partial charge < -0.3 is 14.3 Å². The molecule has 0 unspecified atom stereocenters. The largest absolute Gasteiger partial charge is 0.461 e. The van der Waals surface area contributed by atoms with E-state index in [1.165, 1.54) is 17.0 Å². The second-order valence-electron chi connectivity index (χ2n) is 5.84. The molecule has 1 amide bonds. The maximum absolute atomic E-state index is 12.1. The highest BCUT2D eigenvalue weighted by atomic mass is 16.5. The van der Waals surface area contributed by atoms with E-state index in [1.807, 2.05) is 0 Å². The molecule has 3 aromatic rings. The summed E-state index contributed by atoms with van der Waals surface area (Å²) in [5.41, 5.74) is 2.03. The van der Waals surface area contributed by atoms with Gasteiger partial charge in [-0.1, -0.05) is 5.16 Å². The van der Waals surface area contributed by atoms with E-state index in [1.54, 1.807) is 18.2 Å². The minimum Gasteiger partial charge on any atom is -0.461 e. The van der Waals surface area contributed by atoms with Crippen molar-refractivity contribution in [1.82, 2.24) is 20.3 Å². The molecule has 8 heteroatoms. The molecule has 1 aliphatic carbocycles. The summed E-state index contributed by atoms with van der Waals surface area (Å²) in [6.07, 6.45) is 4.36. The van der Waals surface area contributed by atoms with E-state index >= 15 is 0 Å². The SMILES string of the molecule is O=C(NCCn1nc2c(cc1=O)CCC2)c1cc(-c2ccco2)on1. The monoisotopic (exact) mass is 340 g/mol. The van der Waals surface area contributed by atoms with Gasteiger partial charge in [-0.05, 0) is 37.0 Å². The fourth-order valence-electron chi connectivity index (χ4n) is 2.88. The summed E-state index contributed by atoms with van der Waals surface area (Å²) in [5.74, 6) is 0.503. The first-order chi connectivity index (χ1) is 12.2. The number of carbonyl (C=O) groups is 1. The van der Waals surface area contributed by atoms with Crippen LogP contribution in [0.3, 0.4) is 0 Å². The average Bonchev–Trinajstić information content (AvgIpc) is 3.35. The lowest BCUT2D eigenvalue weighted by atomic mass is 10.2. The zero-order chi connectivity index (χ0) is 17.2. The van der Waals surface area contributed by atoms with Crippen molar-refractivity contribution < 1.29 is 13.7 Å². The molecule has 3 aromatic heterocycles. The Labute approximate surface area is 142 Å². The highest BCUT2D eigenvalue weighted by Crippen LogP contribution is 2.20. The smallest absolute Gasteiger partial charge is 0.273 e. The molecule has 8 nitrogen and oxygen atoms in total.